The summed E-state index contributed by atoms with van der Waals surface area (Å²) in [6, 6.07) is 12.7. The van der Waals surface area contributed by atoms with Gasteiger partial charge in [-0.25, -0.2) is 0 Å². The monoisotopic (exact) mass is 285 g/mol. The molecule has 0 spiro atoms. The molecule has 0 amide bonds. The number of hydrogen-bond acceptors (Lipinski definition) is 3. The van der Waals surface area contributed by atoms with E-state index in [1.165, 1.54) is 20.7 Å². The summed E-state index contributed by atoms with van der Waals surface area (Å²) < 4.78 is 5.89. The van der Waals surface area contributed by atoms with Gasteiger partial charge in [-0.2, -0.15) is 0 Å². The molecule has 1 unspecified atom stereocenters. The lowest BCUT2D eigenvalue weighted by Crippen LogP contribution is -2.16. The number of thiophene rings is 1. The Bertz CT molecular complexity index is 673. The van der Waals surface area contributed by atoms with E-state index in [4.69, 9.17) is 4.42 Å². The first-order valence-electron chi connectivity index (χ1n) is 6.91. The van der Waals surface area contributed by atoms with Crippen LogP contribution in [0.5, 0.6) is 0 Å². The van der Waals surface area contributed by atoms with Crippen molar-refractivity contribution in [1.82, 2.24) is 5.32 Å². The Labute approximate surface area is 123 Å². The van der Waals surface area contributed by atoms with Crippen LogP contribution in [0.15, 0.2) is 40.8 Å². The highest BCUT2D eigenvalue weighted by Gasteiger charge is 2.11. The van der Waals surface area contributed by atoms with Crippen molar-refractivity contribution < 1.29 is 4.42 Å². The van der Waals surface area contributed by atoms with Crippen LogP contribution >= 0.6 is 11.3 Å². The van der Waals surface area contributed by atoms with E-state index in [2.05, 4.69) is 44.3 Å². The molecule has 3 rings (SSSR count). The highest BCUT2D eigenvalue weighted by Crippen LogP contribution is 2.25. The smallest absolute Gasteiger partial charge is 0.134 e. The van der Waals surface area contributed by atoms with Crippen LogP contribution < -0.4 is 5.32 Å². The molecule has 0 aliphatic rings. The Morgan fingerprint density at radius 2 is 2.00 bits per heavy atom. The zero-order chi connectivity index (χ0) is 14.1. The zero-order valence-electron chi connectivity index (χ0n) is 12.1. The Balaban J connectivity index is 1.70. The third-order valence-electron chi connectivity index (χ3n) is 3.67. The molecule has 3 heteroatoms. The first-order valence-corrected chi connectivity index (χ1v) is 7.73. The first kappa shape index (κ1) is 13.4. The highest BCUT2D eigenvalue weighted by molar-refractivity contribution is 7.12. The van der Waals surface area contributed by atoms with Crippen LogP contribution in [-0.2, 0) is 6.54 Å². The molecule has 1 aromatic carbocycles. The van der Waals surface area contributed by atoms with Gasteiger partial charge in [0.2, 0.25) is 0 Å². The van der Waals surface area contributed by atoms with Gasteiger partial charge in [0, 0.05) is 21.7 Å². The molecule has 3 aromatic rings. The zero-order valence-corrected chi connectivity index (χ0v) is 12.9. The maximum atomic E-state index is 5.89. The van der Waals surface area contributed by atoms with E-state index < -0.39 is 0 Å². The minimum Gasteiger partial charge on any atom is -0.459 e. The van der Waals surface area contributed by atoms with Crippen LogP contribution in [-0.4, -0.2) is 0 Å². The molecule has 1 atom stereocenters. The number of nitrogens with one attached hydrogen (secondary N) is 1. The van der Waals surface area contributed by atoms with Crippen molar-refractivity contribution in [2.45, 2.75) is 33.4 Å². The fourth-order valence-electron chi connectivity index (χ4n) is 2.31. The van der Waals surface area contributed by atoms with E-state index >= 15 is 0 Å². The average molecular weight is 285 g/mol. The molecule has 0 fully saturated rings. The molecule has 0 bridgehead atoms. The standard InChI is InChI=1S/C17H19NOS/c1-11-8-15(20-13(11)3)10-18-12(2)17-9-14-6-4-5-7-16(14)19-17/h4-9,12,18H,10H2,1-3H3. The second kappa shape index (κ2) is 5.43. The van der Waals surface area contributed by atoms with Crippen LogP contribution in [0.4, 0.5) is 0 Å². The molecule has 2 nitrogen and oxygen atoms in total. The number of hydrogen-bond donors (Lipinski definition) is 1. The van der Waals surface area contributed by atoms with Gasteiger partial charge in [0.05, 0.1) is 6.04 Å². The van der Waals surface area contributed by atoms with Crippen molar-refractivity contribution in [2.24, 2.45) is 0 Å². The Morgan fingerprint density at radius 3 is 2.70 bits per heavy atom. The van der Waals surface area contributed by atoms with Crippen molar-refractivity contribution in [3.63, 3.8) is 0 Å². The highest BCUT2D eigenvalue weighted by atomic mass is 32.1. The molecule has 0 radical (unpaired) electrons. The van der Waals surface area contributed by atoms with E-state index in [-0.39, 0.29) is 6.04 Å². The molecule has 0 aliphatic carbocycles. The van der Waals surface area contributed by atoms with Crippen molar-refractivity contribution in [2.75, 3.05) is 0 Å². The second-order valence-corrected chi connectivity index (χ2v) is 6.58. The van der Waals surface area contributed by atoms with Gasteiger partial charge in [0.15, 0.2) is 0 Å². The van der Waals surface area contributed by atoms with Gasteiger partial charge in [-0.05, 0) is 44.5 Å². The van der Waals surface area contributed by atoms with E-state index in [0.717, 1.165) is 17.9 Å². The fraction of sp³-hybridized carbons (Fsp3) is 0.294. The van der Waals surface area contributed by atoms with Gasteiger partial charge < -0.3 is 9.73 Å². The number of rotatable bonds is 4. The number of fused-ring (bicyclic) bond motifs is 1. The van der Waals surface area contributed by atoms with E-state index in [0.29, 0.717) is 0 Å². The lowest BCUT2D eigenvalue weighted by molar-refractivity contribution is 0.452. The Hall–Kier alpha value is -1.58. The topological polar surface area (TPSA) is 25.2 Å². The molecule has 2 heterocycles. The SMILES string of the molecule is Cc1cc(CNC(C)c2cc3ccccc3o2)sc1C. The Morgan fingerprint density at radius 1 is 1.20 bits per heavy atom. The fourth-order valence-corrected chi connectivity index (χ4v) is 3.31. The third-order valence-corrected chi connectivity index (χ3v) is 4.82. The quantitative estimate of drug-likeness (QED) is 0.732. The van der Waals surface area contributed by atoms with Crippen LogP contribution in [0.2, 0.25) is 0 Å². The number of para-hydroxylation sites is 1. The number of aryl methyl sites for hydroxylation is 2. The van der Waals surface area contributed by atoms with Crippen LogP contribution in [0, 0.1) is 13.8 Å². The van der Waals surface area contributed by atoms with Gasteiger partial charge in [-0.3, -0.25) is 0 Å². The summed E-state index contributed by atoms with van der Waals surface area (Å²) in [6.45, 7) is 7.37. The summed E-state index contributed by atoms with van der Waals surface area (Å²) in [7, 11) is 0. The molecule has 0 aliphatic heterocycles. The van der Waals surface area contributed by atoms with E-state index in [1.54, 1.807) is 0 Å². The summed E-state index contributed by atoms with van der Waals surface area (Å²) in [6.07, 6.45) is 0. The molecule has 1 N–H and O–H groups in total. The second-order valence-electron chi connectivity index (χ2n) is 5.24. The van der Waals surface area contributed by atoms with Gasteiger partial charge >= 0.3 is 0 Å². The first-order chi connectivity index (χ1) is 9.63. The van der Waals surface area contributed by atoms with E-state index in [1.807, 2.05) is 29.5 Å². The molecular weight excluding hydrogens is 266 g/mol. The summed E-state index contributed by atoms with van der Waals surface area (Å²) in [4.78, 5) is 2.78. The van der Waals surface area contributed by atoms with Crippen LogP contribution in [0.25, 0.3) is 11.0 Å². The number of benzene rings is 1. The molecule has 2 aromatic heterocycles. The summed E-state index contributed by atoms with van der Waals surface area (Å²) >= 11 is 1.86. The van der Waals surface area contributed by atoms with Crippen molar-refractivity contribution >= 4 is 22.3 Å². The molecular formula is C17H19NOS. The van der Waals surface area contributed by atoms with Gasteiger partial charge in [-0.1, -0.05) is 18.2 Å². The third kappa shape index (κ3) is 2.65. The molecule has 20 heavy (non-hydrogen) atoms. The maximum absolute atomic E-state index is 5.89. The minimum absolute atomic E-state index is 0.213. The largest absolute Gasteiger partial charge is 0.459 e. The molecule has 104 valence electrons. The number of furan rings is 1. The molecule has 0 saturated heterocycles. The van der Waals surface area contributed by atoms with Gasteiger partial charge in [0.1, 0.15) is 11.3 Å². The van der Waals surface area contributed by atoms with Crippen LogP contribution in [0.3, 0.4) is 0 Å². The summed E-state index contributed by atoms with van der Waals surface area (Å²) in [5.41, 5.74) is 2.34. The lowest BCUT2D eigenvalue weighted by Gasteiger charge is -2.09. The van der Waals surface area contributed by atoms with Gasteiger partial charge in [0.25, 0.3) is 0 Å². The van der Waals surface area contributed by atoms with Crippen molar-refractivity contribution in [3.05, 3.63) is 57.5 Å². The lowest BCUT2D eigenvalue weighted by atomic mass is 10.2. The predicted molar refractivity (Wildman–Crippen MR) is 85.3 cm³/mol. The normalized spacial score (nSPS) is 12.9. The summed E-state index contributed by atoms with van der Waals surface area (Å²) in [5.74, 6) is 0.996. The summed E-state index contributed by atoms with van der Waals surface area (Å²) in [5, 5.41) is 4.70. The van der Waals surface area contributed by atoms with E-state index in [9.17, 15) is 0 Å². The minimum atomic E-state index is 0.213. The molecule has 0 saturated carbocycles. The average Bonchev–Trinajstić information content (AvgIpc) is 3.00. The Kier molecular flexibility index (Phi) is 3.64. The van der Waals surface area contributed by atoms with Crippen LogP contribution in [0.1, 0.15) is 34.0 Å². The maximum Gasteiger partial charge on any atom is 0.134 e. The van der Waals surface area contributed by atoms with Gasteiger partial charge in [-0.15, -0.1) is 11.3 Å². The predicted octanol–water partition coefficient (Wildman–Crippen LogP) is 4.96. The van der Waals surface area contributed by atoms with Crippen molar-refractivity contribution in [3.8, 4) is 0 Å². The van der Waals surface area contributed by atoms with Crippen molar-refractivity contribution in [1.29, 1.82) is 0 Å².